The van der Waals surface area contributed by atoms with Gasteiger partial charge in [-0.2, -0.15) is 10.2 Å². The first-order valence-electron chi connectivity index (χ1n) is 10.8. The van der Waals surface area contributed by atoms with Gasteiger partial charge in [-0.15, -0.1) is 0 Å². The second-order valence-corrected chi connectivity index (χ2v) is 7.79. The summed E-state index contributed by atoms with van der Waals surface area (Å²) < 4.78 is 21.2. The molecule has 0 unspecified atom stereocenters. The number of methoxy groups -OCH3 is 1. The van der Waals surface area contributed by atoms with Crippen LogP contribution in [0.5, 0.6) is 0 Å². The molecule has 0 aromatic carbocycles. The lowest BCUT2D eigenvalue weighted by Gasteiger charge is -2.34. The summed E-state index contributed by atoms with van der Waals surface area (Å²) in [6.07, 6.45) is 1.50. The molecule has 0 bridgehead atoms. The zero-order valence-electron chi connectivity index (χ0n) is 19.2. The molecule has 4 rings (SSSR count). The quantitative estimate of drug-likeness (QED) is 0.410. The van der Waals surface area contributed by atoms with Gasteiger partial charge in [-0.1, -0.05) is 0 Å². The van der Waals surface area contributed by atoms with Gasteiger partial charge in [0.05, 0.1) is 18.4 Å². The number of amides is 1. The number of aromatic amines is 1. The molecule has 0 atom stereocenters. The molecule has 178 valence electrons. The van der Waals surface area contributed by atoms with Crippen LogP contribution in [0.4, 0.5) is 5.88 Å². The summed E-state index contributed by atoms with van der Waals surface area (Å²) in [5.74, 6) is 0.330. The molecule has 11 heteroatoms. The van der Waals surface area contributed by atoms with Crippen molar-refractivity contribution in [3.63, 3.8) is 0 Å². The molecule has 3 aromatic rings. The predicted molar refractivity (Wildman–Crippen MR) is 119 cm³/mol. The Balaban J connectivity index is 1.44. The summed E-state index contributed by atoms with van der Waals surface area (Å²) in [6.45, 7) is 5.62. The Labute approximate surface area is 195 Å². The van der Waals surface area contributed by atoms with Gasteiger partial charge in [-0.05, 0) is 31.5 Å². The van der Waals surface area contributed by atoms with E-state index in [1.807, 2.05) is 4.90 Å². The summed E-state index contributed by atoms with van der Waals surface area (Å²) >= 11 is 0. The van der Waals surface area contributed by atoms with Crippen LogP contribution in [0.2, 0.25) is 0 Å². The number of rotatable bonds is 7. The van der Waals surface area contributed by atoms with Gasteiger partial charge in [-0.25, -0.2) is 4.79 Å². The van der Waals surface area contributed by atoms with Crippen LogP contribution in [-0.2, 0) is 9.47 Å². The third kappa shape index (κ3) is 4.40. The highest BCUT2D eigenvalue weighted by Gasteiger charge is 2.30. The van der Waals surface area contributed by atoms with Crippen molar-refractivity contribution in [1.29, 1.82) is 5.26 Å². The van der Waals surface area contributed by atoms with Gasteiger partial charge in [0.25, 0.3) is 11.8 Å². The van der Waals surface area contributed by atoms with Crippen LogP contribution in [-0.4, -0.2) is 73.2 Å². The predicted octanol–water partition coefficient (Wildman–Crippen LogP) is 2.52. The van der Waals surface area contributed by atoms with Crippen molar-refractivity contribution >= 4 is 17.8 Å². The number of piperazine rings is 1. The van der Waals surface area contributed by atoms with Gasteiger partial charge < -0.3 is 33.1 Å². The van der Waals surface area contributed by atoms with Gasteiger partial charge in [0.15, 0.2) is 5.76 Å². The summed E-state index contributed by atoms with van der Waals surface area (Å²) in [4.78, 5) is 36.5. The number of carbonyl (C=O) groups excluding carboxylic acids is 2. The third-order valence-corrected chi connectivity index (χ3v) is 5.68. The van der Waals surface area contributed by atoms with Crippen LogP contribution >= 0.6 is 0 Å². The van der Waals surface area contributed by atoms with Crippen LogP contribution in [0, 0.1) is 25.2 Å². The fourth-order valence-electron chi connectivity index (χ4n) is 3.94. The fraction of sp³-hybridized carbons (Fsp3) is 0.391. The molecule has 4 heterocycles. The van der Waals surface area contributed by atoms with E-state index in [0.29, 0.717) is 66.9 Å². The van der Waals surface area contributed by atoms with Crippen LogP contribution < -0.4 is 4.90 Å². The highest BCUT2D eigenvalue weighted by Crippen LogP contribution is 2.29. The minimum absolute atomic E-state index is 0.137. The molecule has 1 amide bonds. The second kappa shape index (κ2) is 9.84. The molecule has 11 nitrogen and oxygen atoms in total. The van der Waals surface area contributed by atoms with E-state index in [2.05, 4.69) is 16.0 Å². The third-order valence-electron chi connectivity index (χ3n) is 5.68. The van der Waals surface area contributed by atoms with Crippen LogP contribution in [0.15, 0.2) is 27.2 Å². The molecule has 1 fully saturated rings. The summed E-state index contributed by atoms with van der Waals surface area (Å²) in [5, 5.41) is 9.48. The Bertz CT molecular complexity index is 1210. The van der Waals surface area contributed by atoms with Gasteiger partial charge in [0, 0.05) is 39.0 Å². The number of hydrogen-bond donors (Lipinski definition) is 1. The van der Waals surface area contributed by atoms with Gasteiger partial charge in [0.2, 0.25) is 11.6 Å². The number of ether oxygens (including phenoxy) is 2. The van der Waals surface area contributed by atoms with Crippen molar-refractivity contribution in [2.45, 2.75) is 13.8 Å². The van der Waals surface area contributed by atoms with E-state index in [9.17, 15) is 14.9 Å². The van der Waals surface area contributed by atoms with Crippen molar-refractivity contribution in [3.8, 4) is 17.7 Å². The number of aromatic nitrogens is 2. The molecule has 1 N–H and O–H groups in total. The molecular formula is C23H25N5O6. The number of nitrogens with one attached hydrogen (secondary N) is 1. The molecular weight excluding hydrogens is 442 g/mol. The highest BCUT2D eigenvalue weighted by atomic mass is 16.6. The van der Waals surface area contributed by atoms with Crippen molar-refractivity contribution in [3.05, 3.63) is 46.6 Å². The maximum atomic E-state index is 13.2. The lowest BCUT2D eigenvalue weighted by Crippen LogP contribution is -2.49. The summed E-state index contributed by atoms with van der Waals surface area (Å²) in [7, 11) is 1.53. The minimum atomic E-state index is -0.492. The van der Waals surface area contributed by atoms with E-state index in [1.54, 1.807) is 30.9 Å². The molecule has 1 saturated heterocycles. The number of aryl methyl sites for hydroxylation is 1. The Hall–Kier alpha value is -4.04. The largest absolute Gasteiger partial charge is 0.460 e. The molecule has 0 radical (unpaired) electrons. The normalized spacial score (nSPS) is 13.7. The Morgan fingerprint density at radius 3 is 2.65 bits per heavy atom. The van der Waals surface area contributed by atoms with Gasteiger partial charge in [0.1, 0.15) is 18.4 Å². The number of H-pyrrole nitrogens is 1. The minimum Gasteiger partial charge on any atom is -0.460 e. The molecule has 3 aromatic heterocycles. The number of esters is 1. The molecule has 1 aliphatic rings. The lowest BCUT2D eigenvalue weighted by atomic mass is 10.1. The molecule has 1 aliphatic heterocycles. The number of anilines is 1. The van der Waals surface area contributed by atoms with E-state index in [1.165, 1.54) is 13.4 Å². The van der Waals surface area contributed by atoms with E-state index in [-0.39, 0.29) is 24.1 Å². The Morgan fingerprint density at radius 1 is 1.24 bits per heavy atom. The van der Waals surface area contributed by atoms with Crippen molar-refractivity contribution < 1.29 is 27.9 Å². The number of hydrogen-bond acceptors (Lipinski definition) is 9. The maximum Gasteiger partial charge on any atom is 0.340 e. The van der Waals surface area contributed by atoms with E-state index in [4.69, 9.17) is 18.3 Å². The standard InChI is InChI=1S/C23H25N5O6/c1-14-18(23(30)33-12-11-31-3)15(2)25-19(14)21(29)27-6-8-28(9-7-27)22-16(13-24)26-20(34-22)17-5-4-10-32-17/h4-5,10,25H,6-9,11-12H2,1-3H3. The van der Waals surface area contributed by atoms with E-state index >= 15 is 0 Å². The van der Waals surface area contributed by atoms with E-state index in [0.717, 1.165) is 0 Å². The average molecular weight is 467 g/mol. The zero-order chi connectivity index (χ0) is 24.2. The zero-order valence-corrected chi connectivity index (χ0v) is 19.2. The smallest absolute Gasteiger partial charge is 0.340 e. The van der Waals surface area contributed by atoms with Crippen molar-refractivity contribution in [2.75, 3.05) is 51.4 Å². The van der Waals surface area contributed by atoms with Crippen LogP contribution in [0.1, 0.15) is 37.8 Å². The van der Waals surface area contributed by atoms with Gasteiger partial charge in [-0.3, -0.25) is 4.79 Å². The summed E-state index contributed by atoms with van der Waals surface area (Å²) in [6, 6.07) is 5.47. The molecule has 0 spiro atoms. The topological polar surface area (TPSA) is 138 Å². The number of nitrogens with zero attached hydrogens (tertiary/aromatic N) is 4. The fourth-order valence-corrected chi connectivity index (χ4v) is 3.94. The summed E-state index contributed by atoms with van der Waals surface area (Å²) in [5.41, 5.74) is 2.02. The lowest BCUT2D eigenvalue weighted by molar-refractivity contribution is 0.0386. The molecule has 0 saturated carbocycles. The maximum absolute atomic E-state index is 13.2. The van der Waals surface area contributed by atoms with Crippen molar-refractivity contribution in [1.82, 2.24) is 14.9 Å². The first-order valence-corrected chi connectivity index (χ1v) is 10.8. The second-order valence-electron chi connectivity index (χ2n) is 7.79. The van der Waals surface area contributed by atoms with Crippen LogP contribution in [0.25, 0.3) is 11.7 Å². The number of nitriles is 1. The number of furan rings is 1. The number of carbonyl (C=O) groups is 2. The average Bonchev–Trinajstić information content (AvgIpc) is 3.57. The van der Waals surface area contributed by atoms with Crippen LogP contribution in [0.3, 0.4) is 0 Å². The van der Waals surface area contributed by atoms with E-state index < -0.39 is 5.97 Å². The SMILES string of the molecule is COCCOC(=O)c1c(C)[nH]c(C(=O)N2CCN(c3oc(-c4ccco4)nc3C#N)CC2)c1C. The monoisotopic (exact) mass is 467 g/mol. The molecule has 34 heavy (non-hydrogen) atoms. The number of oxazole rings is 1. The first-order chi connectivity index (χ1) is 16.4. The van der Waals surface area contributed by atoms with Crippen molar-refractivity contribution in [2.24, 2.45) is 0 Å². The highest BCUT2D eigenvalue weighted by molar-refractivity contribution is 6.00. The first kappa shape index (κ1) is 23.1. The van der Waals surface area contributed by atoms with Gasteiger partial charge >= 0.3 is 5.97 Å². The molecule has 0 aliphatic carbocycles. The Kier molecular flexibility index (Phi) is 6.70. The Morgan fingerprint density at radius 2 is 2.00 bits per heavy atom.